The molecule has 0 unspecified atom stereocenters. The van der Waals surface area contributed by atoms with Crippen LogP contribution in [0.4, 0.5) is 0 Å². The maximum atomic E-state index is 11.2. The van der Waals surface area contributed by atoms with Gasteiger partial charge >= 0.3 is 5.97 Å². The molecule has 0 spiro atoms. The zero-order valence-corrected chi connectivity index (χ0v) is 16.4. The molecule has 0 aliphatic heterocycles. The van der Waals surface area contributed by atoms with Gasteiger partial charge in [0.05, 0.1) is 30.3 Å². The topological polar surface area (TPSA) is 65.0 Å². The van der Waals surface area contributed by atoms with Crippen LogP contribution in [0.25, 0.3) is 12.2 Å². The standard InChI is InChI=1S/C23H28O5/c1-23(2,22(24)25)12-5-13-28-21-15-18(14-20(16-21)27-4)7-6-17-8-10-19(26-3)11-9-17/h6-11,14-16H,5,12-13H2,1-4H3,(H,24,25)/b7-6+/i4D3. The van der Waals surface area contributed by atoms with Gasteiger partial charge in [0, 0.05) is 6.07 Å². The lowest BCUT2D eigenvalue weighted by Crippen LogP contribution is -2.24. The second kappa shape index (κ2) is 9.83. The van der Waals surface area contributed by atoms with Crippen molar-refractivity contribution in [1.29, 1.82) is 0 Å². The van der Waals surface area contributed by atoms with Crippen LogP contribution in [0.1, 0.15) is 41.9 Å². The Hall–Kier alpha value is -2.95. The maximum absolute atomic E-state index is 11.2. The third-order valence-electron chi connectivity index (χ3n) is 4.40. The lowest BCUT2D eigenvalue weighted by atomic mass is 9.88. The maximum Gasteiger partial charge on any atom is 0.309 e. The molecular formula is C23H28O5. The van der Waals surface area contributed by atoms with Gasteiger partial charge in [0.2, 0.25) is 0 Å². The van der Waals surface area contributed by atoms with Crippen LogP contribution in [0.2, 0.25) is 0 Å². The third kappa shape index (κ3) is 6.34. The predicted molar refractivity (Wildman–Crippen MR) is 111 cm³/mol. The Morgan fingerprint density at radius 1 is 1.04 bits per heavy atom. The number of ether oxygens (including phenoxy) is 3. The number of hydrogen-bond acceptors (Lipinski definition) is 4. The van der Waals surface area contributed by atoms with Gasteiger partial charge in [-0.05, 0) is 62.1 Å². The van der Waals surface area contributed by atoms with Crippen LogP contribution in [-0.4, -0.2) is 31.8 Å². The molecule has 2 aromatic carbocycles. The van der Waals surface area contributed by atoms with Crippen LogP contribution in [-0.2, 0) is 4.79 Å². The fourth-order valence-corrected chi connectivity index (χ4v) is 2.55. The number of hydrogen-bond donors (Lipinski definition) is 1. The molecule has 0 aliphatic rings. The second-order valence-electron chi connectivity index (χ2n) is 7.09. The molecule has 0 saturated carbocycles. The van der Waals surface area contributed by atoms with Crippen LogP contribution >= 0.6 is 0 Å². The molecule has 0 saturated heterocycles. The summed E-state index contributed by atoms with van der Waals surface area (Å²) in [7, 11) is -0.980. The number of carboxylic acid groups (broad SMARTS) is 1. The lowest BCUT2D eigenvalue weighted by molar-refractivity contribution is -0.147. The van der Waals surface area contributed by atoms with E-state index in [0.29, 0.717) is 30.8 Å². The van der Waals surface area contributed by atoms with Crippen molar-refractivity contribution in [2.45, 2.75) is 26.7 Å². The Bertz CT molecular complexity index is 902. The minimum absolute atomic E-state index is 0.165. The SMILES string of the molecule is [2H]C([2H])([2H])Oc1cc(/C=C/c2ccc(OC)cc2)cc(OCCCC(C)(C)C(=O)O)c1. The van der Waals surface area contributed by atoms with E-state index in [2.05, 4.69) is 0 Å². The van der Waals surface area contributed by atoms with Crippen molar-refractivity contribution >= 4 is 18.1 Å². The average molecular weight is 387 g/mol. The van der Waals surface area contributed by atoms with Gasteiger partial charge in [0.1, 0.15) is 17.2 Å². The molecule has 0 radical (unpaired) electrons. The van der Waals surface area contributed by atoms with E-state index < -0.39 is 18.4 Å². The predicted octanol–water partition coefficient (Wildman–Crippen LogP) is 5.14. The summed E-state index contributed by atoms with van der Waals surface area (Å²) in [6, 6.07) is 12.4. The Morgan fingerprint density at radius 2 is 1.71 bits per heavy atom. The monoisotopic (exact) mass is 387 g/mol. The highest BCUT2D eigenvalue weighted by Gasteiger charge is 2.26. The van der Waals surface area contributed by atoms with E-state index in [1.165, 1.54) is 6.07 Å². The smallest absolute Gasteiger partial charge is 0.309 e. The number of benzene rings is 2. The van der Waals surface area contributed by atoms with Crippen molar-refractivity contribution in [2.75, 3.05) is 20.8 Å². The van der Waals surface area contributed by atoms with Gasteiger partial charge in [0.25, 0.3) is 0 Å². The average Bonchev–Trinajstić information content (AvgIpc) is 2.68. The second-order valence-corrected chi connectivity index (χ2v) is 7.09. The van der Waals surface area contributed by atoms with Crippen molar-refractivity contribution in [3.8, 4) is 17.2 Å². The minimum Gasteiger partial charge on any atom is -0.497 e. The number of rotatable bonds is 10. The van der Waals surface area contributed by atoms with Crippen LogP contribution in [0.3, 0.4) is 0 Å². The van der Waals surface area contributed by atoms with Crippen LogP contribution < -0.4 is 14.2 Å². The van der Waals surface area contributed by atoms with Crippen LogP contribution in [0.15, 0.2) is 42.5 Å². The van der Waals surface area contributed by atoms with E-state index >= 15 is 0 Å². The van der Waals surface area contributed by atoms with Gasteiger partial charge in [0.15, 0.2) is 0 Å². The van der Waals surface area contributed by atoms with Gasteiger partial charge < -0.3 is 19.3 Å². The van der Waals surface area contributed by atoms with E-state index in [1.807, 2.05) is 36.4 Å². The zero-order valence-electron chi connectivity index (χ0n) is 19.4. The number of aliphatic carboxylic acids is 1. The van der Waals surface area contributed by atoms with E-state index in [-0.39, 0.29) is 5.75 Å². The number of carboxylic acids is 1. The molecule has 1 N–H and O–H groups in total. The van der Waals surface area contributed by atoms with Gasteiger partial charge in [-0.1, -0.05) is 24.3 Å². The first-order valence-corrected chi connectivity index (χ1v) is 9.01. The van der Waals surface area contributed by atoms with Gasteiger partial charge in [-0.3, -0.25) is 4.79 Å². The first-order valence-electron chi connectivity index (χ1n) is 10.5. The summed E-state index contributed by atoms with van der Waals surface area (Å²) in [5.41, 5.74) is 0.821. The molecule has 2 rings (SSSR count). The molecule has 0 heterocycles. The first kappa shape index (κ1) is 17.2. The largest absolute Gasteiger partial charge is 0.497 e. The Labute approximate surface area is 170 Å². The van der Waals surface area contributed by atoms with Crippen molar-refractivity contribution in [3.05, 3.63) is 53.6 Å². The molecule has 28 heavy (non-hydrogen) atoms. The molecule has 0 atom stereocenters. The molecule has 0 bridgehead atoms. The fourth-order valence-electron chi connectivity index (χ4n) is 2.55. The summed E-state index contributed by atoms with van der Waals surface area (Å²) in [5, 5.41) is 9.20. The van der Waals surface area contributed by atoms with Gasteiger partial charge in [-0.25, -0.2) is 0 Å². The van der Waals surface area contributed by atoms with E-state index in [4.69, 9.17) is 18.3 Å². The van der Waals surface area contributed by atoms with Gasteiger partial charge in [-0.2, -0.15) is 0 Å². The van der Waals surface area contributed by atoms with Crippen molar-refractivity contribution < 1.29 is 28.2 Å². The fraction of sp³-hybridized carbons (Fsp3) is 0.348. The summed E-state index contributed by atoms with van der Waals surface area (Å²) < 4.78 is 38.0. The Kier molecular flexibility index (Phi) is 6.03. The molecule has 2 aromatic rings. The van der Waals surface area contributed by atoms with Crippen molar-refractivity contribution in [3.63, 3.8) is 0 Å². The lowest BCUT2D eigenvalue weighted by Gasteiger charge is -2.18. The molecule has 5 heteroatoms. The number of methoxy groups -OCH3 is 2. The van der Waals surface area contributed by atoms with E-state index in [1.54, 1.807) is 33.1 Å². The van der Waals surface area contributed by atoms with Crippen molar-refractivity contribution in [2.24, 2.45) is 5.41 Å². The zero-order chi connectivity index (χ0) is 23.1. The quantitative estimate of drug-likeness (QED) is 0.451. The Balaban J connectivity index is 2.14. The minimum atomic E-state index is -2.58. The summed E-state index contributed by atoms with van der Waals surface area (Å²) in [6.07, 6.45) is 4.71. The first-order chi connectivity index (χ1) is 14.5. The normalized spacial score (nSPS) is 13.5. The molecule has 0 aromatic heterocycles. The third-order valence-corrected chi connectivity index (χ3v) is 4.40. The Morgan fingerprint density at radius 3 is 2.36 bits per heavy atom. The van der Waals surface area contributed by atoms with Crippen LogP contribution in [0, 0.1) is 5.41 Å². The summed E-state index contributed by atoms with van der Waals surface area (Å²) >= 11 is 0. The molecule has 0 amide bonds. The summed E-state index contributed by atoms with van der Waals surface area (Å²) in [5.74, 6) is 0.514. The van der Waals surface area contributed by atoms with Gasteiger partial charge in [-0.15, -0.1) is 0 Å². The highest BCUT2D eigenvalue weighted by atomic mass is 16.5. The van der Waals surface area contributed by atoms with E-state index in [0.717, 1.165) is 11.3 Å². The van der Waals surface area contributed by atoms with Crippen LogP contribution in [0.5, 0.6) is 17.2 Å². The van der Waals surface area contributed by atoms with Crippen molar-refractivity contribution in [1.82, 2.24) is 0 Å². The molecule has 150 valence electrons. The molecule has 5 nitrogen and oxygen atoms in total. The molecule has 0 fully saturated rings. The van der Waals surface area contributed by atoms with E-state index in [9.17, 15) is 9.90 Å². The molecule has 0 aliphatic carbocycles. The highest BCUT2D eigenvalue weighted by Crippen LogP contribution is 2.26. The summed E-state index contributed by atoms with van der Waals surface area (Å²) in [4.78, 5) is 11.2. The highest BCUT2D eigenvalue weighted by molar-refractivity contribution is 5.73. The molecular weight excluding hydrogens is 356 g/mol. The number of carbonyl (C=O) groups is 1. The summed E-state index contributed by atoms with van der Waals surface area (Å²) in [6.45, 7) is 3.64.